The van der Waals surface area contributed by atoms with Gasteiger partial charge in [0.2, 0.25) is 5.91 Å². The number of rotatable bonds is 3. The van der Waals surface area contributed by atoms with E-state index in [0.29, 0.717) is 5.39 Å². The standard InChI is InChI=1S/C21H17N3O2/c1-14-8-9-17(15-6-4-11-22-21(14)15)23-20(26)13-24-12-10-19(25)16-5-2-3-7-18(16)24/h2-12H,13H2,1H3,(H,23,26). The second kappa shape index (κ2) is 6.44. The lowest BCUT2D eigenvalue weighted by Crippen LogP contribution is -2.20. The summed E-state index contributed by atoms with van der Waals surface area (Å²) in [6.45, 7) is 2.11. The van der Waals surface area contributed by atoms with Crippen LogP contribution in [0.3, 0.4) is 0 Å². The Hall–Kier alpha value is -3.47. The van der Waals surface area contributed by atoms with Gasteiger partial charge in [0.25, 0.3) is 0 Å². The minimum atomic E-state index is -0.159. The lowest BCUT2D eigenvalue weighted by molar-refractivity contribution is -0.116. The number of aryl methyl sites for hydroxylation is 1. The largest absolute Gasteiger partial charge is 0.338 e. The van der Waals surface area contributed by atoms with Crippen molar-refractivity contribution in [1.82, 2.24) is 9.55 Å². The molecule has 5 heteroatoms. The van der Waals surface area contributed by atoms with E-state index in [2.05, 4.69) is 10.3 Å². The minimum absolute atomic E-state index is 0.0483. The van der Waals surface area contributed by atoms with Crippen molar-refractivity contribution in [2.45, 2.75) is 13.5 Å². The molecule has 128 valence electrons. The fourth-order valence-corrected chi connectivity index (χ4v) is 3.17. The van der Waals surface area contributed by atoms with Crippen molar-refractivity contribution in [3.8, 4) is 0 Å². The number of carbonyl (C=O) groups is 1. The van der Waals surface area contributed by atoms with Gasteiger partial charge in [-0.3, -0.25) is 14.6 Å². The Morgan fingerprint density at radius 1 is 1.04 bits per heavy atom. The van der Waals surface area contributed by atoms with Crippen molar-refractivity contribution in [3.05, 3.63) is 82.8 Å². The lowest BCUT2D eigenvalue weighted by Gasteiger charge is -2.13. The topological polar surface area (TPSA) is 64.0 Å². The van der Waals surface area contributed by atoms with Gasteiger partial charge < -0.3 is 9.88 Å². The Balaban J connectivity index is 1.66. The fourth-order valence-electron chi connectivity index (χ4n) is 3.17. The maximum absolute atomic E-state index is 12.6. The molecule has 4 rings (SSSR count). The zero-order valence-corrected chi connectivity index (χ0v) is 14.3. The summed E-state index contributed by atoms with van der Waals surface area (Å²) in [5.41, 5.74) is 3.36. The van der Waals surface area contributed by atoms with E-state index in [1.165, 1.54) is 6.07 Å². The van der Waals surface area contributed by atoms with Gasteiger partial charge in [0.05, 0.1) is 16.7 Å². The zero-order valence-electron chi connectivity index (χ0n) is 14.3. The average molecular weight is 343 g/mol. The van der Waals surface area contributed by atoms with E-state index < -0.39 is 0 Å². The summed E-state index contributed by atoms with van der Waals surface area (Å²) in [4.78, 5) is 29.0. The summed E-state index contributed by atoms with van der Waals surface area (Å²) in [7, 11) is 0. The number of carbonyl (C=O) groups excluding carboxylic acids is 1. The van der Waals surface area contributed by atoms with Gasteiger partial charge >= 0.3 is 0 Å². The number of hydrogen-bond acceptors (Lipinski definition) is 3. The molecule has 1 N–H and O–H groups in total. The van der Waals surface area contributed by atoms with Gasteiger partial charge in [0, 0.05) is 29.2 Å². The van der Waals surface area contributed by atoms with Crippen molar-refractivity contribution in [1.29, 1.82) is 0 Å². The van der Waals surface area contributed by atoms with Gasteiger partial charge in [-0.1, -0.05) is 18.2 Å². The van der Waals surface area contributed by atoms with E-state index in [1.807, 2.05) is 49.4 Å². The summed E-state index contributed by atoms with van der Waals surface area (Å²) >= 11 is 0. The summed E-state index contributed by atoms with van der Waals surface area (Å²) < 4.78 is 1.78. The molecule has 0 aliphatic carbocycles. The third-order valence-electron chi connectivity index (χ3n) is 4.44. The Bertz CT molecular complexity index is 1190. The fraction of sp³-hybridized carbons (Fsp3) is 0.0952. The molecule has 0 atom stereocenters. The number of para-hydroxylation sites is 1. The first-order valence-electron chi connectivity index (χ1n) is 8.36. The van der Waals surface area contributed by atoms with Gasteiger partial charge in [0.1, 0.15) is 6.54 Å². The van der Waals surface area contributed by atoms with Crippen LogP contribution in [0.25, 0.3) is 21.8 Å². The third-order valence-corrected chi connectivity index (χ3v) is 4.44. The molecule has 2 aromatic heterocycles. The maximum Gasteiger partial charge on any atom is 0.244 e. The van der Waals surface area contributed by atoms with E-state index >= 15 is 0 Å². The number of hydrogen-bond donors (Lipinski definition) is 1. The predicted molar refractivity (Wildman–Crippen MR) is 103 cm³/mol. The zero-order chi connectivity index (χ0) is 18.1. The molecule has 0 bridgehead atoms. The van der Waals surface area contributed by atoms with Crippen LogP contribution in [-0.2, 0) is 11.3 Å². The molecule has 0 fully saturated rings. The molecule has 0 saturated carbocycles. The monoisotopic (exact) mass is 343 g/mol. The number of pyridine rings is 2. The summed E-state index contributed by atoms with van der Waals surface area (Å²) in [6.07, 6.45) is 3.40. The van der Waals surface area contributed by atoms with Crippen LogP contribution in [0.4, 0.5) is 5.69 Å². The normalized spacial score (nSPS) is 11.0. The van der Waals surface area contributed by atoms with E-state index in [-0.39, 0.29) is 17.9 Å². The van der Waals surface area contributed by atoms with E-state index in [4.69, 9.17) is 0 Å². The predicted octanol–water partition coefficient (Wildman–Crippen LogP) is 3.50. The Labute approximate surface area is 149 Å². The molecule has 26 heavy (non-hydrogen) atoms. The van der Waals surface area contributed by atoms with E-state index in [9.17, 15) is 9.59 Å². The second-order valence-corrected chi connectivity index (χ2v) is 6.20. The molecule has 0 radical (unpaired) electrons. The summed E-state index contributed by atoms with van der Waals surface area (Å²) in [5.74, 6) is -0.159. The Morgan fingerprint density at radius 3 is 2.73 bits per heavy atom. The molecule has 0 aliphatic rings. The van der Waals surface area contributed by atoms with Gasteiger partial charge in [0.15, 0.2) is 5.43 Å². The van der Waals surface area contributed by atoms with Gasteiger partial charge in [-0.15, -0.1) is 0 Å². The minimum Gasteiger partial charge on any atom is -0.338 e. The van der Waals surface area contributed by atoms with E-state index in [1.54, 1.807) is 23.0 Å². The highest BCUT2D eigenvalue weighted by Crippen LogP contribution is 2.24. The number of amides is 1. The molecule has 0 spiro atoms. The number of aromatic nitrogens is 2. The molecular formula is C21H17N3O2. The smallest absolute Gasteiger partial charge is 0.244 e. The van der Waals surface area contributed by atoms with Crippen LogP contribution in [-0.4, -0.2) is 15.5 Å². The molecule has 2 aromatic carbocycles. The van der Waals surface area contributed by atoms with Crippen LogP contribution in [0.1, 0.15) is 5.56 Å². The summed E-state index contributed by atoms with van der Waals surface area (Å²) in [6, 6.07) is 16.4. The lowest BCUT2D eigenvalue weighted by atomic mass is 10.1. The number of anilines is 1. The molecule has 4 aromatic rings. The van der Waals surface area contributed by atoms with Crippen LogP contribution in [0.2, 0.25) is 0 Å². The van der Waals surface area contributed by atoms with Gasteiger partial charge in [-0.25, -0.2) is 0 Å². The molecular weight excluding hydrogens is 326 g/mol. The van der Waals surface area contributed by atoms with Crippen molar-refractivity contribution < 1.29 is 4.79 Å². The highest BCUT2D eigenvalue weighted by Gasteiger charge is 2.10. The van der Waals surface area contributed by atoms with E-state index in [0.717, 1.165) is 27.7 Å². The number of benzene rings is 2. The van der Waals surface area contributed by atoms with Crippen molar-refractivity contribution in [2.24, 2.45) is 0 Å². The second-order valence-electron chi connectivity index (χ2n) is 6.20. The van der Waals surface area contributed by atoms with Crippen LogP contribution in [0.5, 0.6) is 0 Å². The van der Waals surface area contributed by atoms with Gasteiger partial charge in [-0.2, -0.15) is 0 Å². The van der Waals surface area contributed by atoms with Crippen LogP contribution < -0.4 is 10.7 Å². The van der Waals surface area contributed by atoms with Crippen molar-refractivity contribution in [3.63, 3.8) is 0 Å². The SMILES string of the molecule is Cc1ccc(NC(=O)Cn2ccc(=O)c3ccccc32)c2cccnc12. The highest BCUT2D eigenvalue weighted by molar-refractivity contribution is 6.02. The highest BCUT2D eigenvalue weighted by atomic mass is 16.2. The average Bonchev–Trinajstić information content (AvgIpc) is 2.67. The third kappa shape index (κ3) is 2.84. The number of fused-ring (bicyclic) bond motifs is 2. The maximum atomic E-state index is 12.6. The molecule has 5 nitrogen and oxygen atoms in total. The van der Waals surface area contributed by atoms with Crippen LogP contribution in [0, 0.1) is 6.92 Å². The first kappa shape index (κ1) is 16.0. The Kier molecular flexibility index (Phi) is 3.97. The van der Waals surface area contributed by atoms with Gasteiger partial charge in [-0.05, 0) is 42.8 Å². The van der Waals surface area contributed by atoms with Crippen LogP contribution >= 0.6 is 0 Å². The number of nitrogens with one attached hydrogen (secondary N) is 1. The molecule has 1 amide bonds. The first-order valence-corrected chi connectivity index (χ1v) is 8.36. The quantitative estimate of drug-likeness (QED) is 0.619. The summed E-state index contributed by atoms with van der Waals surface area (Å²) in [5, 5.41) is 4.47. The van der Waals surface area contributed by atoms with Crippen molar-refractivity contribution in [2.75, 3.05) is 5.32 Å². The first-order chi connectivity index (χ1) is 12.6. The molecule has 0 aliphatic heterocycles. The molecule has 0 saturated heterocycles. The van der Waals surface area contributed by atoms with Crippen molar-refractivity contribution >= 4 is 33.4 Å². The van der Waals surface area contributed by atoms with Crippen LogP contribution in [0.15, 0.2) is 71.8 Å². The molecule has 0 unspecified atom stereocenters. The molecule has 2 heterocycles. The number of nitrogens with zero attached hydrogens (tertiary/aromatic N) is 2. The Morgan fingerprint density at radius 2 is 1.85 bits per heavy atom.